The fourth-order valence-corrected chi connectivity index (χ4v) is 2.61. The molecule has 6 N–H and O–H groups in total. The zero-order valence-corrected chi connectivity index (χ0v) is 13.8. The highest BCUT2D eigenvalue weighted by Gasteiger charge is 2.11. The molecule has 126 valence electrons. The monoisotopic (exact) mass is 333 g/mol. The number of fused-ring (bicyclic) bond motifs is 1. The van der Waals surface area contributed by atoms with Gasteiger partial charge in [-0.05, 0) is 18.2 Å². The summed E-state index contributed by atoms with van der Waals surface area (Å²) >= 11 is 0. The summed E-state index contributed by atoms with van der Waals surface area (Å²) in [5.74, 6) is 0.671. The second kappa shape index (κ2) is 6.92. The summed E-state index contributed by atoms with van der Waals surface area (Å²) in [6, 6.07) is 17.0. The van der Waals surface area contributed by atoms with Crippen LogP contribution in [0.2, 0.25) is 0 Å². The summed E-state index contributed by atoms with van der Waals surface area (Å²) in [6.45, 7) is 0. The van der Waals surface area contributed by atoms with Crippen LogP contribution in [0.5, 0.6) is 5.75 Å². The maximum atomic E-state index is 6.40. The van der Waals surface area contributed by atoms with Crippen molar-refractivity contribution in [2.24, 2.45) is 22.2 Å². The van der Waals surface area contributed by atoms with Gasteiger partial charge in [-0.1, -0.05) is 36.4 Å². The predicted molar refractivity (Wildman–Crippen MR) is 102 cm³/mol. The molecule has 25 heavy (non-hydrogen) atoms. The van der Waals surface area contributed by atoms with Crippen LogP contribution in [0.15, 0.2) is 65.8 Å². The standard InChI is InChI=1S/C19H19N5O/c1-25-16-9-10-23-15-8-7-13(11-14(15)16)17(20)18(24-19(21)22)12-5-3-2-4-6-12/h2-11H,20H2,1H3,(H4,21,22,24)/b18-17-. The summed E-state index contributed by atoms with van der Waals surface area (Å²) in [6.07, 6.45) is 1.70. The highest BCUT2D eigenvalue weighted by Crippen LogP contribution is 2.29. The Morgan fingerprint density at radius 3 is 2.40 bits per heavy atom. The Labute approximate surface area is 145 Å². The van der Waals surface area contributed by atoms with E-state index in [1.165, 1.54) is 0 Å². The number of ether oxygens (including phenoxy) is 1. The van der Waals surface area contributed by atoms with Crippen molar-refractivity contribution in [3.63, 3.8) is 0 Å². The van der Waals surface area contributed by atoms with Crippen LogP contribution in [0.4, 0.5) is 0 Å². The van der Waals surface area contributed by atoms with Crippen molar-refractivity contribution in [3.8, 4) is 5.75 Å². The van der Waals surface area contributed by atoms with E-state index in [2.05, 4.69) is 9.98 Å². The Morgan fingerprint density at radius 1 is 0.960 bits per heavy atom. The first-order chi connectivity index (χ1) is 12.1. The molecule has 0 aliphatic carbocycles. The molecule has 0 amide bonds. The Kier molecular flexibility index (Phi) is 4.52. The van der Waals surface area contributed by atoms with Crippen molar-refractivity contribution in [1.29, 1.82) is 0 Å². The molecule has 6 nitrogen and oxygen atoms in total. The topological polar surface area (TPSA) is 113 Å². The molecule has 0 saturated carbocycles. The smallest absolute Gasteiger partial charge is 0.191 e. The van der Waals surface area contributed by atoms with Gasteiger partial charge in [0.25, 0.3) is 0 Å². The fourth-order valence-electron chi connectivity index (χ4n) is 2.61. The number of hydrogen-bond donors (Lipinski definition) is 3. The summed E-state index contributed by atoms with van der Waals surface area (Å²) in [4.78, 5) is 8.56. The summed E-state index contributed by atoms with van der Waals surface area (Å²) in [7, 11) is 1.62. The summed E-state index contributed by atoms with van der Waals surface area (Å²) in [5, 5.41) is 0.863. The molecule has 0 saturated heterocycles. The van der Waals surface area contributed by atoms with Gasteiger partial charge < -0.3 is 21.9 Å². The van der Waals surface area contributed by atoms with Crippen molar-refractivity contribution in [2.75, 3.05) is 7.11 Å². The van der Waals surface area contributed by atoms with Crippen molar-refractivity contribution in [3.05, 3.63) is 71.9 Å². The van der Waals surface area contributed by atoms with Crippen molar-refractivity contribution >= 4 is 28.3 Å². The Hall–Kier alpha value is -3.54. The summed E-state index contributed by atoms with van der Waals surface area (Å²) < 4.78 is 5.41. The van der Waals surface area contributed by atoms with Crippen LogP contribution >= 0.6 is 0 Å². The zero-order valence-electron chi connectivity index (χ0n) is 13.8. The first kappa shape index (κ1) is 16.3. The minimum absolute atomic E-state index is 0.0539. The van der Waals surface area contributed by atoms with E-state index < -0.39 is 0 Å². The van der Waals surface area contributed by atoms with Crippen LogP contribution in [0.25, 0.3) is 22.3 Å². The van der Waals surface area contributed by atoms with Gasteiger partial charge >= 0.3 is 0 Å². The van der Waals surface area contributed by atoms with Crippen LogP contribution < -0.4 is 21.9 Å². The van der Waals surface area contributed by atoms with E-state index in [1.807, 2.05) is 48.5 Å². The molecule has 0 fully saturated rings. The number of aliphatic imine (C=N–C) groups is 1. The van der Waals surface area contributed by atoms with Crippen molar-refractivity contribution < 1.29 is 4.74 Å². The zero-order chi connectivity index (χ0) is 17.8. The number of aromatic nitrogens is 1. The molecule has 1 heterocycles. The molecular weight excluding hydrogens is 314 g/mol. The number of methoxy groups -OCH3 is 1. The molecule has 0 aliphatic heterocycles. The molecular formula is C19H19N5O. The third-order valence-electron chi connectivity index (χ3n) is 3.78. The second-order valence-corrected chi connectivity index (χ2v) is 5.41. The van der Waals surface area contributed by atoms with Gasteiger partial charge in [0.1, 0.15) is 5.75 Å². The average molecular weight is 333 g/mol. The lowest BCUT2D eigenvalue weighted by molar-refractivity contribution is 0.419. The quantitative estimate of drug-likeness (QED) is 0.385. The molecule has 0 spiro atoms. The normalized spacial score (nSPS) is 11.7. The molecule has 3 rings (SSSR count). The lowest BCUT2D eigenvalue weighted by atomic mass is 10.0. The van der Waals surface area contributed by atoms with Gasteiger partial charge in [0.15, 0.2) is 5.96 Å². The van der Waals surface area contributed by atoms with Gasteiger partial charge in [-0.2, -0.15) is 0 Å². The van der Waals surface area contributed by atoms with E-state index in [-0.39, 0.29) is 5.96 Å². The number of rotatable bonds is 4. The minimum atomic E-state index is -0.0539. The van der Waals surface area contributed by atoms with E-state index in [0.717, 1.165) is 27.8 Å². The first-order valence-corrected chi connectivity index (χ1v) is 7.68. The molecule has 6 heteroatoms. The first-order valence-electron chi connectivity index (χ1n) is 7.68. The predicted octanol–water partition coefficient (Wildman–Crippen LogP) is 2.30. The van der Waals surface area contributed by atoms with Crippen LogP contribution in [0, 0.1) is 0 Å². The van der Waals surface area contributed by atoms with E-state index in [9.17, 15) is 0 Å². The fraction of sp³-hybridized carbons (Fsp3) is 0.0526. The molecule has 3 aromatic rings. The third-order valence-corrected chi connectivity index (χ3v) is 3.78. The maximum Gasteiger partial charge on any atom is 0.191 e. The molecule has 2 aromatic carbocycles. The van der Waals surface area contributed by atoms with Crippen LogP contribution in [-0.4, -0.2) is 18.1 Å². The van der Waals surface area contributed by atoms with E-state index in [0.29, 0.717) is 11.4 Å². The molecule has 0 radical (unpaired) electrons. The molecule has 0 unspecified atom stereocenters. The molecule has 0 bridgehead atoms. The van der Waals surface area contributed by atoms with Crippen LogP contribution in [-0.2, 0) is 0 Å². The van der Waals surface area contributed by atoms with E-state index >= 15 is 0 Å². The number of nitrogens with zero attached hydrogens (tertiary/aromatic N) is 2. The second-order valence-electron chi connectivity index (χ2n) is 5.41. The number of hydrogen-bond acceptors (Lipinski definition) is 4. The largest absolute Gasteiger partial charge is 0.496 e. The number of pyridine rings is 1. The SMILES string of the molecule is COc1ccnc2ccc(/C(N)=C(/N=C(N)N)c3ccccc3)cc12. The van der Waals surface area contributed by atoms with Gasteiger partial charge in [-0.3, -0.25) is 4.98 Å². The van der Waals surface area contributed by atoms with Crippen LogP contribution in [0.3, 0.4) is 0 Å². The third kappa shape index (κ3) is 3.37. The van der Waals surface area contributed by atoms with Crippen molar-refractivity contribution in [1.82, 2.24) is 4.98 Å². The van der Waals surface area contributed by atoms with Gasteiger partial charge in [-0.25, -0.2) is 4.99 Å². The van der Waals surface area contributed by atoms with E-state index in [1.54, 1.807) is 19.4 Å². The number of nitrogens with two attached hydrogens (primary N) is 3. The average Bonchev–Trinajstić information content (AvgIpc) is 2.65. The molecule has 1 aromatic heterocycles. The maximum absolute atomic E-state index is 6.40. The highest BCUT2D eigenvalue weighted by atomic mass is 16.5. The Morgan fingerprint density at radius 2 is 1.72 bits per heavy atom. The Bertz CT molecular complexity index is 960. The van der Waals surface area contributed by atoms with E-state index in [4.69, 9.17) is 21.9 Å². The molecule has 0 atom stereocenters. The number of guanidine groups is 1. The lowest BCUT2D eigenvalue weighted by Gasteiger charge is -2.11. The van der Waals surface area contributed by atoms with Gasteiger partial charge in [-0.15, -0.1) is 0 Å². The van der Waals surface area contributed by atoms with Crippen molar-refractivity contribution in [2.45, 2.75) is 0 Å². The summed E-state index contributed by atoms with van der Waals surface area (Å²) in [5.41, 5.74) is 21.0. The van der Waals surface area contributed by atoms with Crippen LogP contribution in [0.1, 0.15) is 11.1 Å². The highest BCUT2D eigenvalue weighted by molar-refractivity contribution is 5.96. The number of benzene rings is 2. The molecule has 0 aliphatic rings. The minimum Gasteiger partial charge on any atom is -0.496 e. The lowest BCUT2D eigenvalue weighted by Crippen LogP contribution is -2.23. The van der Waals surface area contributed by atoms with Gasteiger partial charge in [0, 0.05) is 22.7 Å². The Balaban J connectivity index is 2.22. The van der Waals surface area contributed by atoms with Gasteiger partial charge in [0.05, 0.1) is 24.0 Å². The van der Waals surface area contributed by atoms with Gasteiger partial charge in [0.2, 0.25) is 0 Å².